The first-order valence-electron chi connectivity index (χ1n) is 6.65. The van der Waals surface area contributed by atoms with E-state index in [1.807, 2.05) is 0 Å². The number of aryl methyl sites for hydroxylation is 1. The first-order chi connectivity index (χ1) is 8.96. The standard InChI is InChI=1S/C14H21NO3S/c1-11-7-8-12(10-16)9-14(11)19(17,18)15(2)13-5-3-4-6-13/h7-9,13,16H,3-6,10H2,1-2H3. The van der Waals surface area contributed by atoms with E-state index in [9.17, 15) is 8.42 Å². The lowest BCUT2D eigenvalue weighted by Crippen LogP contribution is -2.35. The van der Waals surface area contributed by atoms with Crippen LogP contribution in [0, 0.1) is 6.92 Å². The number of sulfonamides is 1. The fourth-order valence-electron chi connectivity index (χ4n) is 2.64. The van der Waals surface area contributed by atoms with Crippen molar-refractivity contribution >= 4 is 10.0 Å². The molecular formula is C14H21NO3S. The number of rotatable bonds is 4. The highest BCUT2D eigenvalue weighted by molar-refractivity contribution is 7.89. The Morgan fingerprint density at radius 3 is 2.53 bits per heavy atom. The zero-order valence-corrected chi connectivity index (χ0v) is 12.3. The molecule has 0 spiro atoms. The van der Waals surface area contributed by atoms with Crippen LogP contribution >= 0.6 is 0 Å². The van der Waals surface area contributed by atoms with Crippen molar-refractivity contribution in [1.29, 1.82) is 0 Å². The van der Waals surface area contributed by atoms with Crippen molar-refractivity contribution in [1.82, 2.24) is 4.31 Å². The van der Waals surface area contributed by atoms with Gasteiger partial charge in [-0.05, 0) is 37.0 Å². The third kappa shape index (κ3) is 2.83. The maximum atomic E-state index is 12.7. The van der Waals surface area contributed by atoms with Crippen LogP contribution in [-0.2, 0) is 16.6 Å². The van der Waals surface area contributed by atoms with Gasteiger partial charge in [-0.2, -0.15) is 4.31 Å². The Bertz CT molecular complexity index is 548. The molecule has 0 aliphatic heterocycles. The predicted molar refractivity (Wildman–Crippen MR) is 74.3 cm³/mol. The van der Waals surface area contributed by atoms with E-state index in [0.717, 1.165) is 31.2 Å². The molecule has 1 N–H and O–H groups in total. The van der Waals surface area contributed by atoms with Crippen molar-refractivity contribution in [3.8, 4) is 0 Å². The fraction of sp³-hybridized carbons (Fsp3) is 0.571. The quantitative estimate of drug-likeness (QED) is 0.920. The second-order valence-electron chi connectivity index (χ2n) is 5.22. The monoisotopic (exact) mass is 283 g/mol. The van der Waals surface area contributed by atoms with Gasteiger partial charge in [0.15, 0.2) is 0 Å². The van der Waals surface area contributed by atoms with Crippen molar-refractivity contribution in [2.24, 2.45) is 0 Å². The summed E-state index contributed by atoms with van der Waals surface area (Å²) in [7, 11) is -1.80. The summed E-state index contributed by atoms with van der Waals surface area (Å²) < 4.78 is 26.8. The summed E-state index contributed by atoms with van der Waals surface area (Å²) in [6, 6.07) is 5.20. The van der Waals surface area contributed by atoms with E-state index in [1.165, 1.54) is 4.31 Å². The average molecular weight is 283 g/mol. The molecule has 1 aliphatic carbocycles. The highest BCUT2D eigenvalue weighted by Gasteiger charge is 2.30. The van der Waals surface area contributed by atoms with Gasteiger partial charge in [0.1, 0.15) is 0 Å². The molecule has 0 bridgehead atoms. The topological polar surface area (TPSA) is 57.6 Å². The van der Waals surface area contributed by atoms with E-state index in [4.69, 9.17) is 5.11 Å². The van der Waals surface area contributed by atoms with Gasteiger partial charge in [-0.15, -0.1) is 0 Å². The minimum absolute atomic E-state index is 0.113. The first-order valence-corrected chi connectivity index (χ1v) is 8.09. The first kappa shape index (κ1) is 14.5. The van der Waals surface area contributed by atoms with Gasteiger partial charge < -0.3 is 5.11 Å². The number of aliphatic hydroxyl groups is 1. The Kier molecular flexibility index (Phi) is 4.28. The molecule has 19 heavy (non-hydrogen) atoms. The second kappa shape index (κ2) is 5.61. The van der Waals surface area contributed by atoms with E-state index in [2.05, 4.69) is 0 Å². The average Bonchev–Trinajstić information content (AvgIpc) is 2.92. The Balaban J connectivity index is 2.38. The number of hydrogen-bond acceptors (Lipinski definition) is 3. The smallest absolute Gasteiger partial charge is 0.243 e. The van der Waals surface area contributed by atoms with Crippen molar-refractivity contribution in [2.75, 3.05) is 7.05 Å². The molecule has 0 heterocycles. The molecule has 1 fully saturated rings. The number of hydrogen-bond donors (Lipinski definition) is 1. The lowest BCUT2D eigenvalue weighted by atomic mass is 10.2. The lowest BCUT2D eigenvalue weighted by molar-refractivity contribution is 0.281. The van der Waals surface area contributed by atoms with Crippen LogP contribution in [0.5, 0.6) is 0 Å². The van der Waals surface area contributed by atoms with E-state index >= 15 is 0 Å². The van der Waals surface area contributed by atoms with Crippen LogP contribution in [0.25, 0.3) is 0 Å². The summed E-state index contributed by atoms with van der Waals surface area (Å²) in [6.07, 6.45) is 4.07. The third-order valence-corrected chi connectivity index (χ3v) is 5.98. The third-order valence-electron chi connectivity index (χ3n) is 3.93. The molecule has 0 unspecified atom stereocenters. The summed E-state index contributed by atoms with van der Waals surface area (Å²) in [5.41, 5.74) is 1.35. The van der Waals surface area contributed by atoms with Gasteiger partial charge in [0.2, 0.25) is 10.0 Å². The molecule has 1 aromatic rings. The summed E-state index contributed by atoms with van der Waals surface area (Å²) in [6.45, 7) is 1.65. The Morgan fingerprint density at radius 2 is 1.95 bits per heavy atom. The Hall–Kier alpha value is -0.910. The fourth-order valence-corrected chi connectivity index (χ4v) is 4.33. The highest BCUT2D eigenvalue weighted by Crippen LogP contribution is 2.28. The van der Waals surface area contributed by atoms with Crippen LogP contribution < -0.4 is 0 Å². The minimum atomic E-state index is -3.46. The summed E-state index contributed by atoms with van der Waals surface area (Å²) in [5.74, 6) is 0. The Morgan fingerprint density at radius 1 is 1.32 bits per heavy atom. The van der Waals surface area contributed by atoms with Gasteiger partial charge in [-0.3, -0.25) is 0 Å². The molecule has 106 valence electrons. The molecule has 5 heteroatoms. The van der Waals surface area contributed by atoms with E-state index < -0.39 is 10.0 Å². The maximum absolute atomic E-state index is 12.7. The van der Waals surface area contributed by atoms with Crippen LogP contribution in [0.2, 0.25) is 0 Å². The van der Waals surface area contributed by atoms with E-state index in [-0.39, 0.29) is 12.6 Å². The van der Waals surface area contributed by atoms with Gasteiger partial charge in [0, 0.05) is 13.1 Å². The summed E-state index contributed by atoms with van der Waals surface area (Å²) in [5, 5.41) is 9.16. The molecule has 0 radical (unpaired) electrons. The van der Waals surface area contributed by atoms with Crippen LogP contribution in [0.3, 0.4) is 0 Å². The molecular weight excluding hydrogens is 262 g/mol. The summed E-state index contributed by atoms with van der Waals surface area (Å²) in [4.78, 5) is 0.313. The maximum Gasteiger partial charge on any atom is 0.243 e. The van der Waals surface area contributed by atoms with Crippen molar-refractivity contribution in [3.05, 3.63) is 29.3 Å². The molecule has 0 saturated heterocycles. The van der Waals surface area contributed by atoms with Crippen molar-refractivity contribution in [2.45, 2.75) is 50.2 Å². The van der Waals surface area contributed by atoms with E-state index in [0.29, 0.717) is 10.5 Å². The zero-order valence-electron chi connectivity index (χ0n) is 11.5. The van der Waals surface area contributed by atoms with Gasteiger partial charge in [-0.1, -0.05) is 25.0 Å². The number of aliphatic hydroxyl groups excluding tert-OH is 1. The highest BCUT2D eigenvalue weighted by atomic mass is 32.2. The van der Waals surface area contributed by atoms with Crippen molar-refractivity contribution in [3.63, 3.8) is 0 Å². The minimum Gasteiger partial charge on any atom is -0.392 e. The molecule has 4 nitrogen and oxygen atoms in total. The van der Waals surface area contributed by atoms with Gasteiger partial charge in [0.25, 0.3) is 0 Å². The largest absolute Gasteiger partial charge is 0.392 e. The second-order valence-corrected chi connectivity index (χ2v) is 7.18. The molecule has 1 saturated carbocycles. The Labute approximate surface area is 115 Å². The van der Waals surface area contributed by atoms with Crippen molar-refractivity contribution < 1.29 is 13.5 Å². The number of benzene rings is 1. The van der Waals surface area contributed by atoms with Gasteiger partial charge in [-0.25, -0.2) is 8.42 Å². The van der Waals surface area contributed by atoms with Gasteiger partial charge in [0.05, 0.1) is 11.5 Å². The summed E-state index contributed by atoms with van der Waals surface area (Å²) >= 11 is 0. The molecule has 0 amide bonds. The molecule has 2 rings (SSSR count). The van der Waals surface area contributed by atoms with Crippen LogP contribution in [-0.4, -0.2) is 30.9 Å². The molecule has 0 aromatic heterocycles. The SMILES string of the molecule is Cc1ccc(CO)cc1S(=O)(=O)N(C)C1CCCC1. The predicted octanol–water partition coefficient (Wildman–Crippen LogP) is 2.05. The molecule has 1 aromatic carbocycles. The lowest BCUT2D eigenvalue weighted by Gasteiger charge is -2.24. The normalized spacial score (nSPS) is 17.3. The molecule has 1 aliphatic rings. The van der Waals surface area contributed by atoms with Crippen LogP contribution in [0.4, 0.5) is 0 Å². The van der Waals surface area contributed by atoms with E-state index in [1.54, 1.807) is 32.2 Å². The van der Waals surface area contributed by atoms with Crippen LogP contribution in [0.15, 0.2) is 23.1 Å². The zero-order chi connectivity index (χ0) is 14.0. The van der Waals surface area contributed by atoms with Gasteiger partial charge >= 0.3 is 0 Å². The van der Waals surface area contributed by atoms with Crippen LogP contribution in [0.1, 0.15) is 36.8 Å². The number of nitrogens with zero attached hydrogens (tertiary/aromatic N) is 1. The molecule has 0 atom stereocenters.